The van der Waals surface area contributed by atoms with Crippen LogP contribution in [0, 0.1) is 11.3 Å². The van der Waals surface area contributed by atoms with E-state index in [2.05, 4.69) is 0 Å². The first-order chi connectivity index (χ1) is 11.7. The van der Waals surface area contributed by atoms with E-state index in [1.54, 1.807) is 43.3 Å². The predicted molar refractivity (Wildman–Crippen MR) is 89.2 cm³/mol. The lowest BCUT2D eigenvalue weighted by atomic mass is 10.0. The van der Waals surface area contributed by atoms with Crippen molar-refractivity contribution >= 4 is 5.69 Å². The highest BCUT2D eigenvalue weighted by Gasteiger charge is 2.29. The summed E-state index contributed by atoms with van der Waals surface area (Å²) in [5.74, 6) is 0.698. The van der Waals surface area contributed by atoms with E-state index in [-0.39, 0.29) is 11.1 Å². The van der Waals surface area contributed by atoms with Gasteiger partial charge in [-0.05, 0) is 43.9 Å². The Balaban J connectivity index is 2.50. The number of nitriles is 1. The summed E-state index contributed by atoms with van der Waals surface area (Å²) in [6.45, 7) is 0.360. The van der Waals surface area contributed by atoms with Crippen molar-refractivity contribution < 1.29 is 17.9 Å². The van der Waals surface area contributed by atoms with Crippen LogP contribution < -0.4 is 10.5 Å². The predicted octanol–water partition coefficient (Wildman–Crippen LogP) is 4.10. The van der Waals surface area contributed by atoms with Crippen LogP contribution in [0.4, 0.5) is 18.9 Å². The maximum absolute atomic E-state index is 12.8. The van der Waals surface area contributed by atoms with Crippen molar-refractivity contribution in [2.75, 3.05) is 19.8 Å². The van der Waals surface area contributed by atoms with Gasteiger partial charge in [0, 0.05) is 12.1 Å². The first kappa shape index (κ1) is 18.6. The van der Waals surface area contributed by atoms with Crippen LogP contribution in [0.1, 0.15) is 16.7 Å². The number of hydrogen-bond acceptors (Lipinski definition) is 4. The second kappa shape index (κ2) is 7.45. The first-order valence-corrected chi connectivity index (χ1v) is 7.49. The number of hydrogen-bond donors (Lipinski definition) is 1. The third-order valence-corrected chi connectivity index (χ3v) is 3.42. The lowest BCUT2D eigenvalue weighted by molar-refractivity contribution is -0.127. The number of anilines is 1. The highest BCUT2D eigenvalue weighted by Crippen LogP contribution is 2.34. The number of nitrogens with two attached hydrogens (primary N) is 1. The van der Waals surface area contributed by atoms with Gasteiger partial charge in [-0.1, -0.05) is 12.1 Å². The summed E-state index contributed by atoms with van der Waals surface area (Å²) in [6, 6.07) is 11.3. The molecule has 0 heterocycles. The minimum absolute atomic E-state index is 0.0654. The molecule has 0 unspecified atom stereocenters. The summed E-state index contributed by atoms with van der Waals surface area (Å²) in [7, 11) is 3.59. The maximum Gasteiger partial charge on any atom is 0.393 e. The average Bonchev–Trinajstić information content (AvgIpc) is 2.49. The van der Waals surface area contributed by atoms with E-state index in [1.165, 1.54) is 12.1 Å². The van der Waals surface area contributed by atoms with Crippen LogP contribution in [0.15, 0.2) is 36.4 Å². The molecule has 0 amide bonds. The van der Waals surface area contributed by atoms with Crippen molar-refractivity contribution in [1.82, 2.24) is 4.90 Å². The van der Waals surface area contributed by atoms with Crippen molar-refractivity contribution in [2.45, 2.75) is 19.1 Å². The highest BCUT2D eigenvalue weighted by atomic mass is 19.4. The summed E-state index contributed by atoms with van der Waals surface area (Å²) in [5.41, 5.74) is 6.67. The van der Waals surface area contributed by atoms with Gasteiger partial charge in [-0.3, -0.25) is 0 Å². The molecule has 25 heavy (non-hydrogen) atoms. The van der Waals surface area contributed by atoms with Crippen molar-refractivity contribution in [3.05, 3.63) is 53.1 Å². The van der Waals surface area contributed by atoms with Gasteiger partial charge in [-0.25, -0.2) is 0 Å². The molecule has 2 N–H and O–H groups in total. The molecule has 0 aromatic heterocycles. The molecular formula is C18H18F3N3O. The Morgan fingerprint density at radius 2 is 1.80 bits per heavy atom. The zero-order valence-electron chi connectivity index (χ0n) is 13.9. The molecular weight excluding hydrogens is 331 g/mol. The standard InChI is InChI=1S/C18H18F3N3O/c1-24(2)11-14-7-12(9-18(19,20)21)13(10-22)8-17(14)25-16-6-4-3-5-15(16)23/h3-8H,9,11,23H2,1-2H3. The summed E-state index contributed by atoms with van der Waals surface area (Å²) in [5, 5.41) is 9.23. The molecule has 0 saturated heterocycles. The number of rotatable bonds is 5. The molecule has 132 valence electrons. The van der Waals surface area contributed by atoms with Gasteiger partial charge in [-0.2, -0.15) is 18.4 Å². The van der Waals surface area contributed by atoms with Gasteiger partial charge in [0.05, 0.1) is 23.7 Å². The van der Waals surface area contributed by atoms with E-state index in [4.69, 9.17) is 10.5 Å². The molecule has 2 aromatic rings. The monoisotopic (exact) mass is 349 g/mol. The number of nitrogens with zero attached hydrogens (tertiary/aromatic N) is 2. The Bertz CT molecular complexity index is 795. The third kappa shape index (κ3) is 5.13. The number of benzene rings is 2. The number of para-hydroxylation sites is 2. The molecule has 2 aromatic carbocycles. The van der Waals surface area contributed by atoms with Gasteiger partial charge in [0.1, 0.15) is 11.5 Å². The van der Waals surface area contributed by atoms with E-state index in [9.17, 15) is 18.4 Å². The fourth-order valence-corrected chi connectivity index (χ4v) is 2.39. The van der Waals surface area contributed by atoms with E-state index in [1.807, 2.05) is 6.07 Å². The number of halogens is 3. The molecule has 0 spiro atoms. The van der Waals surface area contributed by atoms with Crippen molar-refractivity contribution in [3.8, 4) is 17.6 Å². The number of ether oxygens (including phenoxy) is 1. The molecule has 0 aliphatic carbocycles. The van der Waals surface area contributed by atoms with Crippen molar-refractivity contribution in [3.63, 3.8) is 0 Å². The molecule has 7 heteroatoms. The largest absolute Gasteiger partial charge is 0.455 e. The van der Waals surface area contributed by atoms with Gasteiger partial charge in [0.15, 0.2) is 0 Å². The summed E-state index contributed by atoms with van der Waals surface area (Å²) in [6.07, 6.45) is -5.56. The topological polar surface area (TPSA) is 62.3 Å². The van der Waals surface area contributed by atoms with Crippen LogP contribution in [0.3, 0.4) is 0 Å². The van der Waals surface area contributed by atoms with Crippen LogP contribution in [-0.4, -0.2) is 25.2 Å². The molecule has 0 aliphatic rings. The fourth-order valence-electron chi connectivity index (χ4n) is 2.39. The van der Waals surface area contributed by atoms with Crippen LogP contribution in [0.2, 0.25) is 0 Å². The Morgan fingerprint density at radius 1 is 1.12 bits per heavy atom. The zero-order chi connectivity index (χ0) is 18.6. The second-order valence-corrected chi connectivity index (χ2v) is 5.90. The van der Waals surface area contributed by atoms with Crippen LogP contribution in [0.5, 0.6) is 11.5 Å². The van der Waals surface area contributed by atoms with Gasteiger partial charge in [0.2, 0.25) is 0 Å². The lowest BCUT2D eigenvalue weighted by Gasteiger charge is -2.18. The molecule has 2 rings (SSSR count). The number of alkyl halides is 3. The van der Waals surface area contributed by atoms with Gasteiger partial charge >= 0.3 is 6.18 Å². The molecule has 0 atom stereocenters. The maximum atomic E-state index is 12.8. The number of nitrogen functional groups attached to an aromatic ring is 1. The summed E-state index contributed by atoms with van der Waals surface area (Å²) < 4.78 is 44.1. The minimum atomic E-state index is -4.40. The van der Waals surface area contributed by atoms with Crippen molar-refractivity contribution in [1.29, 1.82) is 5.26 Å². The Kier molecular flexibility index (Phi) is 5.55. The molecule has 0 fully saturated rings. The van der Waals surface area contributed by atoms with E-state index >= 15 is 0 Å². The average molecular weight is 349 g/mol. The molecule has 0 bridgehead atoms. The van der Waals surface area contributed by atoms with Gasteiger partial charge in [-0.15, -0.1) is 0 Å². The first-order valence-electron chi connectivity index (χ1n) is 7.49. The Morgan fingerprint density at radius 3 is 2.36 bits per heavy atom. The lowest BCUT2D eigenvalue weighted by Crippen LogP contribution is -2.15. The van der Waals surface area contributed by atoms with Crippen LogP contribution in [0.25, 0.3) is 0 Å². The Labute approximate surface area is 144 Å². The zero-order valence-corrected chi connectivity index (χ0v) is 13.9. The normalized spacial score (nSPS) is 11.4. The smallest absolute Gasteiger partial charge is 0.393 e. The van der Waals surface area contributed by atoms with Crippen LogP contribution in [-0.2, 0) is 13.0 Å². The van der Waals surface area contributed by atoms with Gasteiger partial charge < -0.3 is 15.4 Å². The van der Waals surface area contributed by atoms with E-state index in [0.717, 1.165) is 0 Å². The summed E-state index contributed by atoms with van der Waals surface area (Å²) >= 11 is 0. The summed E-state index contributed by atoms with van der Waals surface area (Å²) in [4.78, 5) is 1.81. The van der Waals surface area contributed by atoms with E-state index < -0.39 is 12.6 Å². The van der Waals surface area contributed by atoms with Gasteiger partial charge in [0.25, 0.3) is 0 Å². The Hall–Kier alpha value is -2.72. The highest BCUT2D eigenvalue weighted by molar-refractivity contribution is 5.56. The van der Waals surface area contributed by atoms with E-state index in [0.29, 0.717) is 29.3 Å². The SMILES string of the molecule is CN(C)Cc1cc(CC(F)(F)F)c(C#N)cc1Oc1ccccc1N. The fraction of sp³-hybridized carbons (Fsp3) is 0.278. The van der Waals surface area contributed by atoms with Crippen LogP contribution >= 0.6 is 0 Å². The second-order valence-electron chi connectivity index (χ2n) is 5.90. The van der Waals surface area contributed by atoms with Crippen molar-refractivity contribution in [2.24, 2.45) is 0 Å². The third-order valence-electron chi connectivity index (χ3n) is 3.42. The molecule has 0 saturated carbocycles. The molecule has 0 radical (unpaired) electrons. The molecule has 0 aliphatic heterocycles. The quantitative estimate of drug-likeness (QED) is 0.826. The minimum Gasteiger partial charge on any atom is -0.455 e. The molecule has 4 nitrogen and oxygen atoms in total.